The molecule has 150 valence electrons. The molecule has 31 heavy (non-hydrogen) atoms. The van der Waals surface area contributed by atoms with Crippen LogP contribution in [0.5, 0.6) is 0 Å². The number of carbonyl (C=O) groups is 1. The number of pyridine rings is 1. The number of amides is 1. The number of H-pyrrole nitrogens is 2. The number of fused-ring (bicyclic) bond motifs is 2. The van der Waals surface area contributed by atoms with Gasteiger partial charge in [-0.1, -0.05) is 18.2 Å². The average molecular weight is 405 g/mol. The lowest BCUT2D eigenvalue weighted by atomic mass is 10.1. The average Bonchev–Trinajstić information content (AvgIpc) is 3.42. The van der Waals surface area contributed by atoms with E-state index >= 15 is 0 Å². The first-order valence-electron chi connectivity index (χ1n) is 10.0. The molecule has 0 atom stereocenters. The quantitative estimate of drug-likeness (QED) is 0.400. The first-order valence-corrected chi connectivity index (χ1v) is 10.0. The van der Waals surface area contributed by atoms with Crippen LogP contribution in [0.15, 0.2) is 73.2 Å². The molecule has 0 spiro atoms. The molecule has 0 unspecified atom stereocenters. The maximum atomic E-state index is 12.5. The van der Waals surface area contributed by atoms with Crippen LogP contribution in [0, 0.1) is 11.3 Å². The SMILES string of the molecule is N#Cc1c[nH]c2ccc(CCNC(=O)c3ccc(-c4cc5cnccc5[nH]4)cc3)cc12. The van der Waals surface area contributed by atoms with Crippen molar-refractivity contribution in [1.82, 2.24) is 20.3 Å². The van der Waals surface area contributed by atoms with Crippen molar-refractivity contribution in [1.29, 1.82) is 5.26 Å². The normalized spacial score (nSPS) is 10.9. The number of hydrogen-bond donors (Lipinski definition) is 3. The zero-order valence-electron chi connectivity index (χ0n) is 16.6. The molecule has 0 fully saturated rings. The first-order chi connectivity index (χ1) is 15.2. The standard InChI is InChI=1S/C25H19N5O/c26-13-20-15-29-23-6-1-16(11-21(20)23)7-10-28-25(31)18-4-2-17(3-5-18)24-12-19-14-27-9-8-22(19)30-24/h1-6,8-9,11-12,14-15,29-30H,7,10H2,(H,28,31). The summed E-state index contributed by atoms with van der Waals surface area (Å²) >= 11 is 0. The summed E-state index contributed by atoms with van der Waals surface area (Å²) in [6, 6.07) is 19.7. The van der Waals surface area contributed by atoms with Crippen molar-refractivity contribution in [3.8, 4) is 17.3 Å². The van der Waals surface area contributed by atoms with Gasteiger partial charge in [0.15, 0.2) is 0 Å². The van der Waals surface area contributed by atoms with Crippen LogP contribution in [0.3, 0.4) is 0 Å². The molecule has 1 amide bonds. The second kappa shape index (κ2) is 7.81. The van der Waals surface area contributed by atoms with Crippen LogP contribution < -0.4 is 5.32 Å². The molecular weight excluding hydrogens is 386 g/mol. The van der Waals surface area contributed by atoms with Gasteiger partial charge < -0.3 is 15.3 Å². The molecular formula is C25H19N5O. The molecule has 2 aromatic carbocycles. The molecule has 0 aliphatic heterocycles. The lowest BCUT2D eigenvalue weighted by Gasteiger charge is -2.07. The summed E-state index contributed by atoms with van der Waals surface area (Å²) in [7, 11) is 0. The minimum atomic E-state index is -0.104. The summed E-state index contributed by atoms with van der Waals surface area (Å²) in [5.41, 5.74) is 6.31. The van der Waals surface area contributed by atoms with E-state index in [2.05, 4.69) is 32.4 Å². The Balaban J connectivity index is 1.23. The molecule has 0 saturated carbocycles. The predicted octanol–water partition coefficient (Wildman–Crippen LogP) is 4.56. The van der Waals surface area contributed by atoms with Gasteiger partial charge in [-0.3, -0.25) is 9.78 Å². The second-order valence-electron chi connectivity index (χ2n) is 7.42. The molecule has 6 heteroatoms. The lowest BCUT2D eigenvalue weighted by Crippen LogP contribution is -2.25. The lowest BCUT2D eigenvalue weighted by molar-refractivity contribution is 0.0954. The molecule has 3 aromatic heterocycles. The monoisotopic (exact) mass is 405 g/mol. The molecule has 3 heterocycles. The van der Waals surface area contributed by atoms with Gasteiger partial charge in [0, 0.05) is 58.2 Å². The van der Waals surface area contributed by atoms with Gasteiger partial charge in [-0.15, -0.1) is 0 Å². The number of nitrogens with zero attached hydrogens (tertiary/aromatic N) is 2. The summed E-state index contributed by atoms with van der Waals surface area (Å²) in [6.45, 7) is 0.521. The molecule has 5 rings (SSSR count). The van der Waals surface area contributed by atoms with Gasteiger partial charge >= 0.3 is 0 Å². The Bertz CT molecular complexity index is 1400. The molecule has 0 aliphatic carbocycles. The summed E-state index contributed by atoms with van der Waals surface area (Å²) in [6.07, 6.45) is 5.99. The largest absolute Gasteiger partial charge is 0.360 e. The van der Waals surface area contributed by atoms with Crippen LogP contribution in [0.1, 0.15) is 21.5 Å². The Morgan fingerprint density at radius 1 is 1.06 bits per heavy atom. The molecule has 0 aliphatic rings. The van der Waals surface area contributed by atoms with Gasteiger partial charge in [0.25, 0.3) is 5.91 Å². The van der Waals surface area contributed by atoms with Crippen molar-refractivity contribution < 1.29 is 4.79 Å². The number of hydrogen-bond acceptors (Lipinski definition) is 3. The maximum absolute atomic E-state index is 12.5. The smallest absolute Gasteiger partial charge is 0.251 e. The third kappa shape index (κ3) is 3.65. The maximum Gasteiger partial charge on any atom is 0.251 e. The minimum Gasteiger partial charge on any atom is -0.360 e. The zero-order chi connectivity index (χ0) is 21.2. The van der Waals surface area contributed by atoms with Gasteiger partial charge in [0.2, 0.25) is 0 Å². The van der Waals surface area contributed by atoms with Crippen LogP contribution in [-0.4, -0.2) is 27.4 Å². The number of nitrogens with one attached hydrogen (secondary N) is 3. The van der Waals surface area contributed by atoms with Crippen LogP contribution >= 0.6 is 0 Å². The van der Waals surface area contributed by atoms with Crippen molar-refractivity contribution in [2.24, 2.45) is 0 Å². The van der Waals surface area contributed by atoms with E-state index in [-0.39, 0.29) is 5.91 Å². The highest BCUT2D eigenvalue weighted by Crippen LogP contribution is 2.24. The highest BCUT2D eigenvalue weighted by atomic mass is 16.1. The summed E-state index contributed by atoms with van der Waals surface area (Å²) < 4.78 is 0. The number of nitriles is 1. The summed E-state index contributed by atoms with van der Waals surface area (Å²) in [4.78, 5) is 23.1. The molecule has 0 saturated heterocycles. The van der Waals surface area contributed by atoms with Crippen molar-refractivity contribution in [2.75, 3.05) is 6.54 Å². The Labute approximate surface area is 178 Å². The Morgan fingerprint density at radius 2 is 1.94 bits per heavy atom. The van der Waals surface area contributed by atoms with E-state index in [4.69, 9.17) is 0 Å². The molecule has 6 nitrogen and oxygen atoms in total. The van der Waals surface area contributed by atoms with Gasteiger partial charge in [-0.05, 0) is 53.9 Å². The van der Waals surface area contributed by atoms with Gasteiger partial charge in [0.05, 0.1) is 5.56 Å². The van der Waals surface area contributed by atoms with Crippen LogP contribution in [0.2, 0.25) is 0 Å². The van der Waals surface area contributed by atoms with E-state index < -0.39 is 0 Å². The number of aromatic amines is 2. The van der Waals surface area contributed by atoms with E-state index in [1.165, 1.54) is 0 Å². The Hall–Kier alpha value is -4.37. The van der Waals surface area contributed by atoms with Gasteiger partial charge in [-0.2, -0.15) is 5.26 Å². The topological polar surface area (TPSA) is 97.4 Å². The number of aromatic nitrogens is 3. The highest BCUT2D eigenvalue weighted by Gasteiger charge is 2.08. The van der Waals surface area contributed by atoms with E-state index in [0.717, 1.165) is 38.6 Å². The molecule has 3 N–H and O–H groups in total. The fourth-order valence-corrected chi connectivity index (χ4v) is 3.77. The van der Waals surface area contributed by atoms with Gasteiger partial charge in [0.1, 0.15) is 6.07 Å². The number of carbonyl (C=O) groups excluding carboxylic acids is 1. The molecule has 0 radical (unpaired) electrons. The molecule has 0 bridgehead atoms. The van der Waals surface area contributed by atoms with Crippen molar-refractivity contribution >= 4 is 27.7 Å². The number of rotatable bonds is 5. The second-order valence-corrected chi connectivity index (χ2v) is 7.42. The Morgan fingerprint density at radius 3 is 2.74 bits per heavy atom. The highest BCUT2D eigenvalue weighted by molar-refractivity contribution is 5.95. The van der Waals surface area contributed by atoms with Crippen LogP contribution in [0.25, 0.3) is 33.1 Å². The van der Waals surface area contributed by atoms with Crippen molar-refractivity contribution in [3.05, 3.63) is 89.9 Å². The Kier molecular flexibility index (Phi) is 4.70. The van der Waals surface area contributed by atoms with Crippen molar-refractivity contribution in [3.63, 3.8) is 0 Å². The fraction of sp³-hybridized carbons (Fsp3) is 0.0800. The zero-order valence-corrected chi connectivity index (χ0v) is 16.6. The summed E-state index contributed by atoms with van der Waals surface area (Å²) in [5.74, 6) is -0.104. The summed E-state index contributed by atoms with van der Waals surface area (Å²) in [5, 5.41) is 14.1. The predicted molar refractivity (Wildman–Crippen MR) is 121 cm³/mol. The van der Waals surface area contributed by atoms with Crippen molar-refractivity contribution in [2.45, 2.75) is 6.42 Å². The van der Waals surface area contributed by atoms with E-state index in [9.17, 15) is 10.1 Å². The van der Waals surface area contributed by atoms with E-state index in [0.29, 0.717) is 24.1 Å². The van der Waals surface area contributed by atoms with Crippen LogP contribution in [-0.2, 0) is 6.42 Å². The fourth-order valence-electron chi connectivity index (χ4n) is 3.77. The van der Waals surface area contributed by atoms with E-state index in [1.807, 2.05) is 54.7 Å². The third-order valence-corrected chi connectivity index (χ3v) is 5.45. The van der Waals surface area contributed by atoms with E-state index in [1.54, 1.807) is 12.4 Å². The minimum absolute atomic E-state index is 0.104. The number of benzene rings is 2. The molecule has 5 aromatic rings. The first kappa shape index (κ1) is 18.6. The third-order valence-electron chi connectivity index (χ3n) is 5.45. The van der Waals surface area contributed by atoms with Crippen LogP contribution in [0.4, 0.5) is 0 Å². The van der Waals surface area contributed by atoms with Gasteiger partial charge in [-0.25, -0.2) is 0 Å².